The Balaban J connectivity index is 0.00000220. The molecular weight excluding hydrogens is 305 g/mol. The summed E-state index contributed by atoms with van der Waals surface area (Å²) in [7, 11) is 0. The highest BCUT2D eigenvalue weighted by molar-refractivity contribution is 5.92. The van der Waals surface area contributed by atoms with Crippen molar-refractivity contribution >= 4 is 5.91 Å². The van der Waals surface area contributed by atoms with Crippen LogP contribution in [0.5, 0.6) is 0 Å². The third-order valence-corrected chi connectivity index (χ3v) is 2.79. The van der Waals surface area contributed by atoms with Gasteiger partial charge in [-0.3, -0.25) is 4.79 Å². The number of rotatable bonds is 3. The summed E-state index contributed by atoms with van der Waals surface area (Å²) in [5, 5.41) is 0. The molecule has 1 aromatic carbocycles. The summed E-state index contributed by atoms with van der Waals surface area (Å²) in [5.41, 5.74) is 5.53. The molecule has 1 heterocycles. The van der Waals surface area contributed by atoms with Crippen LogP contribution in [0.25, 0.3) is 0 Å². The van der Waals surface area contributed by atoms with Gasteiger partial charge in [0.15, 0.2) is 18.9 Å². The van der Waals surface area contributed by atoms with Gasteiger partial charge < -0.3 is 18.1 Å². The van der Waals surface area contributed by atoms with E-state index >= 15 is 0 Å². The highest BCUT2D eigenvalue weighted by atomic mass is 35.5. The van der Waals surface area contributed by atoms with E-state index in [1.165, 1.54) is 12.1 Å². The number of alkyl halides is 3. The lowest BCUT2D eigenvalue weighted by Gasteiger charge is -2.06. The number of carbonyl (C=O) groups excluding carboxylic acids is 1. The van der Waals surface area contributed by atoms with Crippen molar-refractivity contribution < 1.29 is 34.9 Å². The summed E-state index contributed by atoms with van der Waals surface area (Å²) >= 11 is 0. The van der Waals surface area contributed by atoms with Gasteiger partial charge in [-0.1, -0.05) is 12.1 Å². The summed E-state index contributed by atoms with van der Waals surface area (Å²) in [6.45, 7) is 0.360. The summed E-state index contributed by atoms with van der Waals surface area (Å²) in [5.74, 6) is -0.549. The fourth-order valence-electron chi connectivity index (χ4n) is 1.78. The first kappa shape index (κ1) is 17.0. The summed E-state index contributed by atoms with van der Waals surface area (Å²) in [6.07, 6.45) is -1.07. The molecular formula is C14H12ClF3N2O. The van der Waals surface area contributed by atoms with Crippen molar-refractivity contribution in [2.75, 3.05) is 0 Å². The second-order valence-corrected chi connectivity index (χ2v) is 4.32. The van der Waals surface area contributed by atoms with E-state index in [9.17, 15) is 18.0 Å². The van der Waals surface area contributed by atoms with Crippen LogP contribution >= 0.6 is 0 Å². The molecule has 1 amide bonds. The average molecular weight is 317 g/mol. The Morgan fingerprint density at radius 3 is 2.29 bits per heavy atom. The van der Waals surface area contributed by atoms with Crippen molar-refractivity contribution in [3.63, 3.8) is 0 Å². The Kier molecular flexibility index (Phi) is 5.32. The lowest BCUT2D eigenvalue weighted by molar-refractivity contribution is -0.688. The number of hydrogen-bond donors (Lipinski definition) is 1. The zero-order valence-corrected chi connectivity index (χ0v) is 11.5. The second kappa shape index (κ2) is 6.58. The molecule has 0 bridgehead atoms. The highest BCUT2D eigenvalue weighted by Crippen LogP contribution is 2.28. The number of amides is 1. The first-order valence-electron chi connectivity index (χ1n) is 5.81. The normalized spacial score (nSPS) is 10.8. The number of hydrogen-bond acceptors (Lipinski definition) is 1. The van der Waals surface area contributed by atoms with E-state index < -0.39 is 17.6 Å². The smallest absolute Gasteiger partial charge is 0.416 e. The van der Waals surface area contributed by atoms with Gasteiger partial charge in [-0.15, -0.1) is 0 Å². The summed E-state index contributed by atoms with van der Waals surface area (Å²) in [6, 6.07) is 8.12. The first-order valence-corrected chi connectivity index (χ1v) is 5.81. The van der Waals surface area contributed by atoms with E-state index in [1.807, 2.05) is 0 Å². The first-order chi connectivity index (χ1) is 9.36. The number of nitrogens with two attached hydrogens (primary N) is 1. The van der Waals surface area contributed by atoms with Crippen molar-refractivity contribution in [2.45, 2.75) is 12.7 Å². The van der Waals surface area contributed by atoms with Gasteiger partial charge in [0.05, 0.1) is 5.56 Å². The minimum Gasteiger partial charge on any atom is -1.00 e. The number of aromatic nitrogens is 1. The van der Waals surface area contributed by atoms with E-state index in [-0.39, 0.29) is 12.4 Å². The van der Waals surface area contributed by atoms with Crippen molar-refractivity contribution in [2.24, 2.45) is 5.73 Å². The Bertz CT molecular complexity index is 627. The molecule has 3 nitrogen and oxygen atoms in total. The fourth-order valence-corrected chi connectivity index (χ4v) is 1.78. The molecule has 0 fully saturated rings. The van der Waals surface area contributed by atoms with E-state index in [4.69, 9.17) is 5.73 Å². The SMILES string of the molecule is NC(=O)c1ccc[n+](Cc2ccc(C(F)(F)F)cc2)c1.[Cl-]. The van der Waals surface area contributed by atoms with Crippen LogP contribution in [-0.4, -0.2) is 5.91 Å². The molecule has 2 aromatic rings. The van der Waals surface area contributed by atoms with Crippen molar-refractivity contribution in [1.29, 1.82) is 0 Å². The number of halogens is 4. The van der Waals surface area contributed by atoms with E-state index in [2.05, 4.69) is 0 Å². The van der Waals surface area contributed by atoms with Gasteiger partial charge >= 0.3 is 6.18 Å². The molecule has 0 saturated heterocycles. The zero-order chi connectivity index (χ0) is 14.8. The minimum absolute atomic E-state index is 0. The monoisotopic (exact) mass is 316 g/mol. The van der Waals surface area contributed by atoms with E-state index in [1.54, 1.807) is 29.1 Å². The third-order valence-electron chi connectivity index (χ3n) is 2.79. The van der Waals surface area contributed by atoms with Gasteiger partial charge in [-0.2, -0.15) is 17.7 Å². The quantitative estimate of drug-likeness (QED) is 0.736. The van der Waals surface area contributed by atoms with Crippen LogP contribution in [0.15, 0.2) is 48.8 Å². The van der Waals surface area contributed by atoms with Crippen LogP contribution in [0.1, 0.15) is 21.5 Å². The standard InChI is InChI=1S/C14H11F3N2O.ClH/c15-14(16,17)12-5-3-10(4-6-12)8-19-7-1-2-11(9-19)13(18)20;/h1-7,9H,8H2,(H-,18,20);1H. The molecule has 0 spiro atoms. The Hall–Kier alpha value is -2.08. The predicted octanol–water partition coefficient (Wildman–Crippen LogP) is -0.856. The third kappa shape index (κ3) is 4.46. The van der Waals surface area contributed by atoms with Gasteiger partial charge in [0.1, 0.15) is 5.56 Å². The molecule has 1 aromatic heterocycles. The van der Waals surface area contributed by atoms with E-state index in [0.717, 1.165) is 12.1 Å². The number of carbonyl (C=O) groups is 1. The number of benzene rings is 1. The molecule has 2 N–H and O–H groups in total. The maximum Gasteiger partial charge on any atom is 0.416 e. The van der Waals surface area contributed by atoms with Crippen LogP contribution < -0.4 is 22.7 Å². The van der Waals surface area contributed by atoms with Gasteiger partial charge in [-0.05, 0) is 18.2 Å². The summed E-state index contributed by atoms with van der Waals surface area (Å²) in [4.78, 5) is 11.0. The van der Waals surface area contributed by atoms with Crippen LogP contribution in [-0.2, 0) is 12.7 Å². The zero-order valence-electron chi connectivity index (χ0n) is 10.8. The molecule has 0 atom stereocenters. The topological polar surface area (TPSA) is 47.0 Å². The largest absolute Gasteiger partial charge is 1.00 e. The van der Waals surface area contributed by atoms with Crippen LogP contribution in [0, 0.1) is 0 Å². The summed E-state index contributed by atoms with van der Waals surface area (Å²) < 4.78 is 39.0. The van der Waals surface area contributed by atoms with Gasteiger partial charge in [-0.25, -0.2) is 0 Å². The van der Waals surface area contributed by atoms with Crippen molar-refractivity contribution in [3.05, 3.63) is 65.5 Å². The molecule has 0 saturated carbocycles. The van der Waals surface area contributed by atoms with Crippen LogP contribution in [0.3, 0.4) is 0 Å². The van der Waals surface area contributed by atoms with Crippen LogP contribution in [0.4, 0.5) is 13.2 Å². The number of primary amides is 1. The Labute approximate surface area is 125 Å². The molecule has 0 aliphatic heterocycles. The number of nitrogens with zero attached hydrogens (tertiary/aromatic N) is 1. The maximum absolute atomic E-state index is 12.4. The highest BCUT2D eigenvalue weighted by Gasteiger charge is 2.30. The second-order valence-electron chi connectivity index (χ2n) is 4.32. The lowest BCUT2D eigenvalue weighted by atomic mass is 10.1. The molecule has 0 aliphatic carbocycles. The van der Waals surface area contributed by atoms with Gasteiger partial charge in [0.2, 0.25) is 0 Å². The molecule has 2 rings (SSSR count). The molecule has 21 heavy (non-hydrogen) atoms. The Morgan fingerprint density at radius 1 is 1.14 bits per heavy atom. The van der Waals surface area contributed by atoms with Gasteiger partial charge in [0, 0.05) is 11.6 Å². The fraction of sp³-hybridized carbons (Fsp3) is 0.143. The van der Waals surface area contributed by atoms with Crippen molar-refractivity contribution in [1.82, 2.24) is 0 Å². The molecule has 112 valence electrons. The van der Waals surface area contributed by atoms with Crippen LogP contribution in [0.2, 0.25) is 0 Å². The van der Waals surface area contributed by atoms with E-state index in [0.29, 0.717) is 17.7 Å². The molecule has 0 unspecified atom stereocenters. The van der Waals surface area contributed by atoms with Gasteiger partial charge in [0.25, 0.3) is 5.91 Å². The molecule has 7 heteroatoms. The lowest BCUT2D eigenvalue weighted by Crippen LogP contribution is -3.00. The van der Waals surface area contributed by atoms with Crippen molar-refractivity contribution in [3.8, 4) is 0 Å². The maximum atomic E-state index is 12.4. The average Bonchev–Trinajstić information content (AvgIpc) is 2.38. The molecule has 0 radical (unpaired) electrons. The minimum atomic E-state index is -4.34. The molecule has 0 aliphatic rings. The Morgan fingerprint density at radius 2 is 1.76 bits per heavy atom. The predicted molar refractivity (Wildman–Crippen MR) is 65.7 cm³/mol. The number of pyridine rings is 1.